The number of carbonyl (C=O) groups excluding carboxylic acids is 2. The molecule has 0 spiro atoms. The second-order valence-electron chi connectivity index (χ2n) is 7.23. The van der Waals surface area contributed by atoms with Gasteiger partial charge in [-0.15, -0.1) is 0 Å². The van der Waals surface area contributed by atoms with E-state index in [1.54, 1.807) is 12.1 Å². The average molecular weight is 393 g/mol. The van der Waals surface area contributed by atoms with Gasteiger partial charge in [-0.3, -0.25) is 9.59 Å². The molecule has 0 bridgehead atoms. The van der Waals surface area contributed by atoms with E-state index in [-0.39, 0.29) is 18.1 Å². The van der Waals surface area contributed by atoms with Crippen molar-refractivity contribution >= 4 is 23.3 Å². The van der Waals surface area contributed by atoms with Crippen LogP contribution in [0.25, 0.3) is 10.9 Å². The number of aromatic amines is 1. The molecular weight excluding hydrogens is 370 g/mol. The molecule has 2 N–H and O–H groups in total. The summed E-state index contributed by atoms with van der Waals surface area (Å²) in [5.41, 5.74) is 1.38. The van der Waals surface area contributed by atoms with Gasteiger partial charge in [0.15, 0.2) is 0 Å². The van der Waals surface area contributed by atoms with Crippen molar-refractivity contribution in [2.24, 2.45) is 5.92 Å². The van der Waals surface area contributed by atoms with Gasteiger partial charge in [-0.1, -0.05) is 44.2 Å². The molecule has 2 aromatic carbocycles. The van der Waals surface area contributed by atoms with E-state index in [2.05, 4.69) is 15.3 Å². The first kappa shape index (κ1) is 20.3. The minimum absolute atomic E-state index is 0.150. The first-order valence-electron chi connectivity index (χ1n) is 9.42. The van der Waals surface area contributed by atoms with Crippen molar-refractivity contribution in [1.82, 2.24) is 15.3 Å². The zero-order valence-electron chi connectivity index (χ0n) is 16.3. The lowest BCUT2D eigenvalue weighted by Gasteiger charge is -2.20. The van der Waals surface area contributed by atoms with E-state index < -0.39 is 12.1 Å². The van der Waals surface area contributed by atoms with Gasteiger partial charge in [0.05, 0.1) is 16.9 Å². The molecule has 3 aromatic rings. The molecule has 0 radical (unpaired) electrons. The minimum atomic E-state index is -0.585. The largest absolute Gasteiger partial charge is 0.445 e. The van der Waals surface area contributed by atoms with Crippen LogP contribution in [0.15, 0.2) is 53.3 Å². The quantitative estimate of drug-likeness (QED) is 0.595. The minimum Gasteiger partial charge on any atom is -0.445 e. The molecule has 1 amide bonds. The Kier molecular flexibility index (Phi) is 6.39. The maximum absolute atomic E-state index is 12.5. The van der Waals surface area contributed by atoms with Crippen LogP contribution in [0.4, 0.5) is 4.79 Å². The third-order valence-corrected chi connectivity index (χ3v) is 4.43. The SMILES string of the molecule is CC(C)CC(NC(=O)OCc1ccccc1)c1nc2ccc(C=O)cc2c(=O)[nH]1. The summed E-state index contributed by atoms with van der Waals surface area (Å²) in [5, 5.41) is 3.13. The number of rotatable bonds is 7. The molecule has 1 heterocycles. The smallest absolute Gasteiger partial charge is 0.408 e. The number of hydrogen-bond donors (Lipinski definition) is 2. The predicted octanol–water partition coefficient (Wildman–Crippen LogP) is 3.75. The van der Waals surface area contributed by atoms with Gasteiger partial charge >= 0.3 is 6.09 Å². The Bertz CT molecular complexity index is 1060. The van der Waals surface area contributed by atoms with Gasteiger partial charge in [-0.2, -0.15) is 0 Å². The van der Waals surface area contributed by atoms with Crippen molar-refractivity contribution in [3.05, 3.63) is 75.8 Å². The van der Waals surface area contributed by atoms with E-state index in [1.807, 2.05) is 44.2 Å². The first-order valence-corrected chi connectivity index (χ1v) is 9.42. The maximum Gasteiger partial charge on any atom is 0.408 e. The maximum atomic E-state index is 12.5. The molecule has 1 unspecified atom stereocenters. The van der Waals surface area contributed by atoms with Crippen LogP contribution in [-0.2, 0) is 11.3 Å². The number of amides is 1. The normalized spacial score (nSPS) is 12.0. The van der Waals surface area contributed by atoms with Crippen molar-refractivity contribution in [2.75, 3.05) is 0 Å². The molecule has 150 valence electrons. The molecule has 0 saturated carbocycles. The van der Waals surface area contributed by atoms with E-state index in [0.29, 0.717) is 35.0 Å². The fourth-order valence-corrected chi connectivity index (χ4v) is 3.03. The molecule has 1 atom stereocenters. The molecule has 7 heteroatoms. The van der Waals surface area contributed by atoms with E-state index in [0.717, 1.165) is 5.56 Å². The van der Waals surface area contributed by atoms with Gasteiger partial charge in [0.1, 0.15) is 18.7 Å². The van der Waals surface area contributed by atoms with Gasteiger partial charge in [-0.05, 0) is 36.1 Å². The molecule has 7 nitrogen and oxygen atoms in total. The van der Waals surface area contributed by atoms with Crippen LogP contribution in [0.5, 0.6) is 0 Å². The molecule has 0 saturated heterocycles. The highest BCUT2D eigenvalue weighted by molar-refractivity contribution is 5.86. The lowest BCUT2D eigenvalue weighted by atomic mass is 10.0. The van der Waals surface area contributed by atoms with Crippen LogP contribution >= 0.6 is 0 Å². The van der Waals surface area contributed by atoms with E-state index >= 15 is 0 Å². The summed E-state index contributed by atoms with van der Waals surface area (Å²) in [6.07, 6.45) is 0.665. The Hall–Kier alpha value is -3.48. The zero-order valence-corrected chi connectivity index (χ0v) is 16.3. The fourth-order valence-electron chi connectivity index (χ4n) is 3.03. The average Bonchev–Trinajstić information content (AvgIpc) is 2.72. The number of alkyl carbamates (subject to hydrolysis) is 1. The summed E-state index contributed by atoms with van der Waals surface area (Å²) in [7, 11) is 0. The number of H-pyrrole nitrogens is 1. The van der Waals surface area contributed by atoms with Crippen molar-refractivity contribution in [3.8, 4) is 0 Å². The van der Waals surface area contributed by atoms with Gasteiger partial charge in [0, 0.05) is 5.56 Å². The number of nitrogens with zero attached hydrogens (tertiary/aromatic N) is 1. The topological polar surface area (TPSA) is 101 Å². The number of fused-ring (bicyclic) bond motifs is 1. The Labute approximate surface area is 168 Å². The summed E-state index contributed by atoms with van der Waals surface area (Å²) < 4.78 is 5.30. The molecule has 1 aromatic heterocycles. The van der Waals surface area contributed by atoms with Crippen LogP contribution in [0.3, 0.4) is 0 Å². The summed E-state index contributed by atoms with van der Waals surface area (Å²) in [6, 6.07) is 13.6. The standard InChI is InChI=1S/C22H23N3O4/c1-14(2)10-19(24-22(28)29-13-15-6-4-3-5-7-15)20-23-18-9-8-16(12-26)11-17(18)21(27)25-20/h3-9,11-12,14,19H,10,13H2,1-2H3,(H,24,28)(H,23,25,27). The van der Waals surface area contributed by atoms with Crippen molar-refractivity contribution in [2.45, 2.75) is 32.9 Å². The van der Waals surface area contributed by atoms with Gasteiger partial charge in [0.25, 0.3) is 5.56 Å². The molecule has 29 heavy (non-hydrogen) atoms. The van der Waals surface area contributed by atoms with Crippen LogP contribution in [-0.4, -0.2) is 22.3 Å². The molecule has 0 aliphatic heterocycles. The lowest BCUT2D eigenvalue weighted by molar-refractivity contribution is 0.112. The van der Waals surface area contributed by atoms with E-state index in [1.165, 1.54) is 6.07 Å². The Morgan fingerprint density at radius 2 is 1.97 bits per heavy atom. The van der Waals surface area contributed by atoms with Crippen molar-refractivity contribution < 1.29 is 14.3 Å². The third-order valence-electron chi connectivity index (χ3n) is 4.43. The number of aromatic nitrogens is 2. The monoisotopic (exact) mass is 393 g/mol. The zero-order chi connectivity index (χ0) is 20.8. The Morgan fingerprint density at radius 3 is 2.66 bits per heavy atom. The predicted molar refractivity (Wildman–Crippen MR) is 110 cm³/mol. The van der Waals surface area contributed by atoms with Crippen LogP contribution in [0.2, 0.25) is 0 Å². The number of benzene rings is 2. The second-order valence-corrected chi connectivity index (χ2v) is 7.23. The number of ether oxygens (including phenoxy) is 1. The Balaban J connectivity index is 1.81. The summed E-state index contributed by atoms with van der Waals surface area (Å²) in [4.78, 5) is 43.0. The molecule has 0 aliphatic rings. The lowest BCUT2D eigenvalue weighted by Crippen LogP contribution is -2.32. The number of aldehydes is 1. The molecule has 3 rings (SSSR count). The van der Waals surface area contributed by atoms with Crippen LogP contribution in [0.1, 0.15) is 48.1 Å². The first-order chi connectivity index (χ1) is 14.0. The van der Waals surface area contributed by atoms with Gasteiger partial charge < -0.3 is 15.0 Å². The molecule has 0 fully saturated rings. The van der Waals surface area contributed by atoms with Gasteiger partial charge in [-0.25, -0.2) is 9.78 Å². The van der Waals surface area contributed by atoms with Crippen LogP contribution < -0.4 is 10.9 Å². The highest BCUT2D eigenvalue weighted by Gasteiger charge is 2.20. The third kappa shape index (κ3) is 5.28. The number of hydrogen-bond acceptors (Lipinski definition) is 5. The van der Waals surface area contributed by atoms with Gasteiger partial charge in [0.2, 0.25) is 0 Å². The Morgan fingerprint density at radius 1 is 1.21 bits per heavy atom. The molecule has 0 aliphatic carbocycles. The summed E-state index contributed by atoms with van der Waals surface area (Å²) >= 11 is 0. The van der Waals surface area contributed by atoms with E-state index in [9.17, 15) is 14.4 Å². The highest BCUT2D eigenvalue weighted by atomic mass is 16.5. The fraction of sp³-hybridized carbons (Fsp3) is 0.273. The van der Waals surface area contributed by atoms with Crippen molar-refractivity contribution in [3.63, 3.8) is 0 Å². The summed E-state index contributed by atoms with van der Waals surface area (Å²) in [6.45, 7) is 4.18. The second kappa shape index (κ2) is 9.14. The number of nitrogens with one attached hydrogen (secondary N) is 2. The highest BCUT2D eigenvalue weighted by Crippen LogP contribution is 2.20. The number of carbonyl (C=O) groups is 2. The molecular formula is C22H23N3O4. The van der Waals surface area contributed by atoms with Crippen LogP contribution in [0, 0.1) is 5.92 Å². The summed E-state index contributed by atoms with van der Waals surface area (Å²) in [5.74, 6) is 0.597. The van der Waals surface area contributed by atoms with Crippen molar-refractivity contribution in [1.29, 1.82) is 0 Å². The van der Waals surface area contributed by atoms with E-state index in [4.69, 9.17) is 4.74 Å².